The summed E-state index contributed by atoms with van der Waals surface area (Å²) in [5, 5.41) is 7.74. The summed E-state index contributed by atoms with van der Waals surface area (Å²) in [6, 6.07) is 3.50. The summed E-state index contributed by atoms with van der Waals surface area (Å²) in [5.74, 6) is 3.18. The maximum absolute atomic E-state index is 13.5. The lowest BCUT2D eigenvalue weighted by atomic mass is 10.3. The number of anilines is 1. The number of nitrogens with one attached hydrogen (secondary N) is 1. The van der Waals surface area contributed by atoms with Crippen LogP contribution in [-0.4, -0.2) is 26.5 Å². The number of hydrogen-bond donors (Lipinski definition) is 2. The molecule has 98 valence electrons. The first-order valence-corrected chi connectivity index (χ1v) is 7.72. The van der Waals surface area contributed by atoms with Crippen LogP contribution in [-0.2, 0) is 10.0 Å². The molecule has 0 aliphatic rings. The SMILES string of the molecule is C#CCSCCNc1ccc(S(N)(=O)=O)cc1F. The van der Waals surface area contributed by atoms with Gasteiger partial charge in [-0.15, -0.1) is 18.2 Å². The molecule has 0 saturated heterocycles. The Morgan fingerprint density at radius 3 is 2.78 bits per heavy atom. The van der Waals surface area contributed by atoms with Crippen molar-refractivity contribution in [2.24, 2.45) is 5.14 Å². The summed E-state index contributed by atoms with van der Waals surface area (Å²) in [5.41, 5.74) is 0.240. The Morgan fingerprint density at radius 2 is 2.22 bits per heavy atom. The average molecular weight is 288 g/mol. The summed E-state index contributed by atoms with van der Waals surface area (Å²) in [7, 11) is -3.87. The van der Waals surface area contributed by atoms with E-state index in [0.29, 0.717) is 12.3 Å². The average Bonchev–Trinajstić information content (AvgIpc) is 2.29. The maximum atomic E-state index is 13.5. The zero-order chi connectivity index (χ0) is 13.6. The molecule has 1 aromatic carbocycles. The number of halogens is 1. The van der Waals surface area contributed by atoms with Crippen LogP contribution in [0.1, 0.15) is 0 Å². The van der Waals surface area contributed by atoms with Crippen molar-refractivity contribution < 1.29 is 12.8 Å². The fourth-order valence-electron chi connectivity index (χ4n) is 1.21. The summed E-state index contributed by atoms with van der Waals surface area (Å²) in [6.45, 7) is 0.540. The van der Waals surface area contributed by atoms with Crippen LogP contribution < -0.4 is 10.5 Å². The van der Waals surface area contributed by atoms with E-state index in [-0.39, 0.29) is 10.6 Å². The minimum atomic E-state index is -3.87. The standard InChI is InChI=1S/C11H13FN2O2S2/c1-2-6-17-7-5-14-11-4-3-9(8-10(11)12)18(13,15)16/h1,3-4,8,14H,5-7H2,(H2,13,15,16). The van der Waals surface area contributed by atoms with Crippen molar-refractivity contribution in [3.05, 3.63) is 24.0 Å². The first-order chi connectivity index (χ1) is 8.45. The van der Waals surface area contributed by atoms with Crippen LogP contribution in [0.3, 0.4) is 0 Å². The van der Waals surface area contributed by atoms with Crippen molar-refractivity contribution in [1.82, 2.24) is 0 Å². The smallest absolute Gasteiger partial charge is 0.238 e. The van der Waals surface area contributed by atoms with Gasteiger partial charge in [0.2, 0.25) is 10.0 Å². The first-order valence-electron chi connectivity index (χ1n) is 5.02. The van der Waals surface area contributed by atoms with Crippen LogP contribution in [0.2, 0.25) is 0 Å². The Hall–Kier alpha value is -1.23. The van der Waals surface area contributed by atoms with Crippen molar-refractivity contribution in [2.75, 3.05) is 23.4 Å². The van der Waals surface area contributed by atoms with Gasteiger partial charge >= 0.3 is 0 Å². The lowest BCUT2D eigenvalue weighted by molar-refractivity contribution is 0.593. The fraction of sp³-hybridized carbons (Fsp3) is 0.273. The van der Waals surface area contributed by atoms with E-state index in [1.165, 1.54) is 12.1 Å². The van der Waals surface area contributed by atoms with Crippen LogP contribution in [0.4, 0.5) is 10.1 Å². The number of sulfonamides is 1. The summed E-state index contributed by atoms with van der Waals surface area (Å²) in [6.07, 6.45) is 5.08. The van der Waals surface area contributed by atoms with Gasteiger partial charge in [-0.2, -0.15) is 0 Å². The third-order valence-corrected chi connectivity index (χ3v) is 3.79. The fourth-order valence-corrected chi connectivity index (χ4v) is 2.24. The van der Waals surface area contributed by atoms with Gasteiger partial charge < -0.3 is 5.32 Å². The predicted octanol–water partition coefficient (Wildman–Crippen LogP) is 1.25. The molecule has 0 heterocycles. The van der Waals surface area contributed by atoms with E-state index < -0.39 is 15.8 Å². The van der Waals surface area contributed by atoms with Crippen molar-refractivity contribution in [2.45, 2.75) is 4.90 Å². The van der Waals surface area contributed by atoms with Gasteiger partial charge in [-0.25, -0.2) is 17.9 Å². The largest absolute Gasteiger partial charge is 0.382 e. The number of rotatable bonds is 6. The molecule has 3 N–H and O–H groups in total. The lowest BCUT2D eigenvalue weighted by Crippen LogP contribution is -2.13. The van der Waals surface area contributed by atoms with Gasteiger partial charge in [-0.05, 0) is 18.2 Å². The van der Waals surface area contributed by atoms with Crippen LogP contribution in [0.15, 0.2) is 23.1 Å². The molecular weight excluding hydrogens is 275 g/mol. The zero-order valence-electron chi connectivity index (χ0n) is 9.52. The van der Waals surface area contributed by atoms with Crippen molar-refractivity contribution in [1.29, 1.82) is 0 Å². The number of hydrogen-bond acceptors (Lipinski definition) is 4. The zero-order valence-corrected chi connectivity index (χ0v) is 11.2. The molecule has 0 fully saturated rings. The van der Waals surface area contributed by atoms with Crippen molar-refractivity contribution >= 4 is 27.5 Å². The molecule has 0 radical (unpaired) electrons. The highest BCUT2D eigenvalue weighted by Gasteiger charge is 2.11. The van der Waals surface area contributed by atoms with E-state index in [1.807, 2.05) is 0 Å². The highest BCUT2D eigenvalue weighted by molar-refractivity contribution is 7.99. The Labute approximate surface area is 110 Å². The number of terminal acetylenes is 1. The summed E-state index contributed by atoms with van der Waals surface area (Å²) >= 11 is 1.55. The molecule has 0 saturated carbocycles. The van der Waals surface area contributed by atoms with Gasteiger partial charge in [0.15, 0.2) is 0 Å². The van der Waals surface area contributed by atoms with E-state index in [0.717, 1.165) is 11.8 Å². The monoisotopic (exact) mass is 288 g/mol. The molecule has 0 spiro atoms. The maximum Gasteiger partial charge on any atom is 0.238 e. The molecular formula is C11H13FN2O2S2. The van der Waals surface area contributed by atoms with Crippen LogP contribution >= 0.6 is 11.8 Å². The van der Waals surface area contributed by atoms with Crippen LogP contribution in [0, 0.1) is 18.2 Å². The third-order valence-electron chi connectivity index (χ3n) is 2.02. The minimum absolute atomic E-state index is 0.240. The Morgan fingerprint density at radius 1 is 1.50 bits per heavy atom. The molecule has 0 aromatic heterocycles. The van der Waals surface area contributed by atoms with E-state index in [1.54, 1.807) is 11.8 Å². The highest BCUT2D eigenvalue weighted by Crippen LogP contribution is 2.18. The van der Waals surface area contributed by atoms with Crippen LogP contribution in [0.5, 0.6) is 0 Å². The molecule has 0 amide bonds. The molecule has 0 aliphatic carbocycles. The van der Waals surface area contributed by atoms with Crippen LogP contribution in [0.25, 0.3) is 0 Å². The van der Waals surface area contributed by atoms with Gasteiger partial charge in [-0.3, -0.25) is 0 Å². The lowest BCUT2D eigenvalue weighted by Gasteiger charge is -2.07. The second-order valence-corrected chi connectivity index (χ2v) is 6.04. The molecule has 7 heteroatoms. The van der Waals surface area contributed by atoms with E-state index >= 15 is 0 Å². The first kappa shape index (κ1) is 14.8. The van der Waals surface area contributed by atoms with E-state index in [9.17, 15) is 12.8 Å². The van der Waals surface area contributed by atoms with Gasteiger partial charge in [0.1, 0.15) is 5.82 Å². The van der Waals surface area contributed by atoms with E-state index in [2.05, 4.69) is 11.2 Å². The Bertz CT molecular complexity index is 553. The van der Waals surface area contributed by atoms with Gasteiger partial charge in [0, 0.05) is 12.3 Å². The van der Waals surface area contributed by atoms with Crippen molar-refractivity contribution in [3.63, 3.8) is 0 Å². The van der Waals surface area contributed by atoms with Gasteiger partial charge in [0.05, 0.1) is 16.3 Å². The van der Waals surface area contributed by atoms with Crippen molar-refractivity contribution in [3.8, 4) is 12.3 Å². The topological polar surface area (TPSA) is 72.2 Å². The Balaban J connectivity index is 2.61. The number of thioether (sulfide) groups is 1. The normalized spacial score (nSPS) is 10.9. The molecule has 0 atom stereocenters. The highest BCUT2D eigenvalue weighted by atomic mass is 32.2. The van der Waals surface area contributed by atoms with Gasteiger partial charge in [-0.1, -0.05) is 5.92 Å². The summed E-state index contributed by atoms with van der Waals surface area (Å²) < 4.78 is 35.5. The molecule has 1 aromatic rings. The Kier molecular flexibility index (Phi) is 5.47. The number of benzene rings is 1. The predicted molar refractivity (Wildman–Crippen MR) is 72.4 cm³/mol. The molecule has 0 aliphatic heterocycles. The molecule has 18 heavy (non-hydrogen) atoms. The summed E-state index contributed by atoms with van der Waals surface area (Å²) in [4.78, 5) is -0.243. The second kappa shape index (κ2) is 6.64. The minimum Gasteiger partial charge on any atom is -0.382 e. The van der Waals surface area contributed by atoms with E-state index in [4.69, 9.17) is 11.6 Å². The quantitative estimate of drug-likeness (QED) is 0.610. The van der Waals surface area contributed by atoms with Gasteiger partial charge in [0.25, 0.3) is 0 Å². The molecule has 0 bridgehead atoms. The second-order valence-electron chi connectivity index (χ2n) is 3.37. The molecule has 1 rings (SSSR count). The molecule has 4 nitrogen and oxygen atoms in total. The number of nitrogens with two attached hydrogens (primary N) is 1. The number of primary sulfonamides is 1. The third kappa shape index (κ3) is 4.56. The molecule has 0 unspecified atom stereocenters.